The number of nitrogens with one attached hydrogen (secondary N) is 1. The molecule has 2 saturated heterocycles. The molecular formula is C24H20F6N6O2S2. The maximum atomic E-state index is 13.2. The van der Waals surface area contributed by atoms with Crippen LogP contribution in [0.15, 0.2) is 39.7 Å². The molecule has 40 heavy (non-hydrogen) atoms. The first-order valence-electron chi connectivity index (χ1n) is 12.0. The van der Waals surface area contributed by atoms with E-state index < -0.39 is 23.5 Å². The largest absolute Gasteiger partial charge is 0.457 e. The average Bonchev–Trinajstić information content (AvgIpc) is 3.69. The maximum absolute atomic E-state index is 13.2. The second-order valence-electron chi connectivity index (χ2n) is 9.32. The molecule has 1 amide bonds. The second-order valence-corrected chi connectivity index (χ2v) is 11.0. The number of aromatic amines is 1. The number of furan rings is 1. The Kier molecular flexibility index (Phi) is 7.76. The minimum Gasteiger partial charge on any atom is -0.457 e. The molecule has 0 saturated carbocycles. The second kappa shape index (κ2) is 11.0. The number of hydrogen-bond donors (Lipinski definition) is 1. The summed E-state index contributed by atoms with van der Waals surface area (Å²) in [4.78, 5) is 17.1. The molecule has 0 radical (unpaired) electrons. The highest BCUT2D eigenvalue weighted by Gasteiger charge is 2.38. The lowest BCUT2D eigenvalue weighted by atomic mass is 10.0. The van der Waals surface area contributed by atoms with Crippen molar-refractivity contribution in [1.82, 2.24) is 30.4 Å². The van der Waals surface area contributed by atoms with Crippen molar-refractivity contribution in [3.63, 3.8) is 0 Å². The van der Waals surface area contributed by atoms with Gasteiger partial charge in [0.25, 0.3) is 5.91 Å². The Labute approximate surface area is 232 Å². The molecule has 1 unspecified atom stereocenters. The van der Waals surface area contributed by atoms with Crippen LogP contribution in [0.1, 0.15) is 29.1 Å². The van der Waals surface area contributed by atoms with Gasteiger partial charge < -0.3 is 9.32 Å². The molecule has 2 fully saturated rings. The summed E-state index contributed by atoms with van der Waals surface area (Å²) in [7, 11) is 0. The number of rotatable bonds is 7. The molecule has 1 aromatic carbocycles. The summed E-state index contributed by atoms with van der Waals surface area (Å²) >= 11 is 6.46. The number of carbonyl (C=O) groups is 1. The summed E-state index contributed by atoms with van der Waals surface area (Å²) in [6.45, 7) is 2.81. The molecule has 1 atom stereocenters. The molecule has 5 rings (SSSR count). The van der Waals surface area contributed by atoms with Crippen molar-refractivity contribution in [1.29, 1.82) is 0 Å². The van der Waals surface area contributed by atoms with Gasteiger partial charge in [0.15, 0.2) is 5.82 Å². The SMILES string of the molecule is O=C1/C(=C/c2ccc(-c3cc(C(F)(F)F)cc(C(F)(F)F)c3)o2)SC(=S)N1CC1CCN(CCc2nn[nH]n2)C1. The normalized spacial score (nSPS) is 19.9. The number of alkyl halides is 6. The van der Waals surface area contributed by atoms with Gasteiger partial charge in [0.2, 0.25) is 0 Å². The number of hydrogen-bond acceptors (Lipinski definition) is 8. The number of amides is 1. The molecular weight excluding hydrogens is 582 g/mol. The van der Waals surface area contributed by atoms with Crippen LogP contribution >= 0.6 is 24.0 Å². The molecule has 8 nitrogen and oxygen atoms in total. The standard InChI is InChI=1S/C24H20F6N6O2S2/c25-23(26,27)15-7-14(8-16(9-15)24(28,29)30)18-2-1-17(38-18)10-19-21(37)36(22(39)40-19)12-13-3-5-35(11-13)6-4-20-31-33-34-32-20/h1-2,7-10,13H,3-6,11-12H2,(H,31,32,33,34)/b19-10-. The van der Waals surface area contributed by atoms with Gasteiger partial charge >= 0.3 is 12.4 Å². The van der Waals surface area contributed by atoms with Gasteiger partial charge in [0.05, 0.1) is 16.0 Å². The Bertz CT molecular complexity index is 1400. The van der Waals surface area contributed by atoms with Crippen molar-refractivity contribution >= 4 is 40.3 Å². The third-order valence-electron chi connectivity index (χ3n) is 6.50. The van der Waals surface area contributed by atoms with Crippen LogP contribution in [-0.2, 0) is 23.6 Å². The summed E-state index contributed by atoms with van der Waals surface area (Å²) in [5, 5.41) is 13.8. The molecule has 0 spiro atoms. The molecule has 0 bridgehead atoms. The minimum absolute atomic E-state index is 0.0518. The summed E-state index contributed by atoms with van der Waals surface area (Å²) < 4.78 is 85.3. The number of thiocarbonyl (C=S) groups is 1. The van der Waals surface area contributed by atoms with Gasteiger partial charge in [0, 0.05) is 37.7 Å². The van der Waals surface area contributed by atoms with Crippen LogP contribution in [0.3, 0.4) is 0 Å². The van der Waals surface area contributed by atoms with E-state index in [2.05, 4.69) is 25.5 Å². The van der Waals surface area contributed by atoms with Gasteiger partial charge in [-0.15, -0.1) is 10.2 Å². The van der Waals surface area contributed by atoms with Gasteiger partial charge in [-0.3, -0.25) is 9.69 Å². The van der Waals surface area contributed by atoms with Crippen molar-refractivity contribution in [3.05, 3.63) is 57.9 Å². The summed E-state index contributed by atoms with van der Waals surface area (Å²) in [6, 6.07) is 3.85. The fourth-order valence-corrected chi connectivity index (χ4v) is 5.79. The molecule has 0 aliphatic carbocycles. The quantitative estimate of drug-likeness (QED) is 0.223. The molecule has 2 aromatic heterocycles. The Hall–Kier alpha value is -3.24. The lowest BCUT2D eigenvalue weighted by Gasteiger charge is -2.20. The van der Waals surface area contributed by atoms with Crippen LogP contribution in [0.4, 0.5) is 26.3 Å². The van der Waals surface area contributed by atoms with E-state index in [9.17, 15) is 31.1 Å². The average molecular weight is 603 g/mol. The fourth-order valence-electron chi connectivity index (χ4n) is 4.54. The number of H-pyrrole nitrogens is 1. The van der Waals surface area contributed by atoms with Gasteiger partial charge in [-0.05, 0) is 49.2 Å². The maximum Gasteiger partial charge on any atom is 0.416 e. The number of likely N-dealkylation sites (tertiary alicyclic amines) is 1. The predicted octanol–water partition coefficient (Wildman–Crippen LogP) is 5.26. The van der Waals surface area contributed by atoms with E-state index in [1.165, 1.54) is 23.1 Å². The predicted molar refractivity (Wildman–Crippen MR) is 136 cm³/mol. The number of tetrazole rings is 1. The van der Waals surface area contributed by atoms with E-state index in [1.54, 1.807) is 0 Å². The van der Waals surface area contributed by atoms with Crippen LogP contribution in [0.25, 0.3) is 17.4 Å². The fraction of sp³-hybridized carbons (Fsp3) is 0.375. The summed E-state index contributed by atoms with van der Waals surface area (Å²) in [5.41, 5.74) is -3.28. The molecule has 212 valence electrons. The third kappa shape index (κ3) is 6.39. The monoisotopic (exact) mass is 602 g/mol. The van der Waals surface area contributed by atoms with Crippen LogP contribution in [0, 0.1) is 5.92 Å². The van der Waals surface area contributed by atoms with Crippen LogP contribution < -0.4 is 0 Å². The topological polar surface area (TPSA) is 91.2 Å². The Morgan fingerprint density at radius 2 is 1.85 bits per heavy atom. The summed E-state index contributed by atoms with van der Waals surface area (Å²) in [5.74, 6) is 0.378. The zero-order valence-corrected chi connectivity index (χ0v) is 22.1. The van der Waals surface area contributed by atoms with E-state index in [0.717, 1.165) is 37.8 Å². The van der Waals surface area contributed by atoms with E-state index in [0.29, 0.717) is 35.2 Å². The van der Waals surface area contributed by atoms with Gasteiger partial charge in [-0.2, -0.15) is 31.6 Å². The molecule has 2 aliphatic heterocycles. The summed E-state index contributed by atoms with van der Waals surface area (Å²) in [6.07, 6.45) is -7.06. The molecule has 16 heteroatoms. The van der Waals surface area contributed by atoms with Gasteiger partial charge in [-0.25, -0.2) is 0 Å². The highest BCUT2D eigenvalue weighted by atomic mass is 32.2. The lowest BCUT2D eigenvalue weighted by Crippen LogP contribution is -2.34. The Morgan fingerprint density at radius 3 is 2.50 bits per heavy atom. The lowest BCUT2D eigenvalue weighted by molar-refractivity contribution is -0.143. The van der Waals surface area contributed by atoms with E-state index in [-0.39, 0.29) is 39.9 Å². The first-order chi connectivity index (χ1) is 18.9. The Morgan fingerprint density at radius 1 is 1.12 bits per heavy atom. The van der Waals surface area contributed by atoms with Crippen molar-refractivity contribution < 1.29 is 35.6 Å². The number of benzene rings is 1. The van der Waals surface area contributed by atoms with Crippen LogP contribution in [-0.4, -0.2) is 66.8 Å². The van der Waals surface area contributed by atoms with Crippen molar-refractivity contribution in [3.8, 4) is 11.3 Å². The first kappa shape index (κ1) is 28.3. The molecule has 2 aliphatic rings. The highest BCUT2D eigenvalue weighted by molar-refractivity contribution is 8.26. The molecule has 3 aromatic rings. The van der Waals surface area contributed by atoms with Crippen molar-refractivity contribution in [2.45, 2.75) is 25.2 Å². The number of carbonyl (C=O) groups excluding carboxylic acids is 1. The number of thioether (sulfide) groups is 1. The van der Waals surface area contributed by atoms with Crippen LogP contribution in [0.2, 0.25) is 0 Å². The van der Waals surface area contributed by atoms with Crippen molar-refractivity contribution in [2.24, 2.45) is 5.92 Å². The zero-order chi connectivity index (χ0) is 28.7. The third-order valence-corrected chi connectivity index (χ3v) is 7.88. The smallest absolute Gasteiger partial charge is 0.416 e. The van der Waals surface area contributed by atoms with Gasteiger partial charge in [0.1, 0.15) is 15.8 Å². The van der Waals surface area contributed by atoms with E-state index >= 15 is 0 Å². The molecule has 1 N–H and O–H groups in total. The van der Waals surface area contributed by atoms with E-state index in [1.807, 2.05) is 0 Å². The minimum atomic E-state index is -4.98. The first-order valence-corrected chi connectivity index (χ1v) is 13.2. The van der Waals surface area contributed by atoms with Crippen LogP contribution in [0.5, 0.6) is 0 Å². The molecule has 4 heterocycles. The van der Waals surface area contributed by atoms with E-state index in [4.69, 9.17) is 16.6 Å². The van der Waals surface area contributed by atoms with Crippen molar-refractivity contribution in [2.75, 3.05) is 26.2 Å². The Balaban J connectivity index is 1.26. The zero-order valence-electron chi connectivity index (χ0n) is 20.4. The number of halogens is 6. The van der Waals surface area contributed by atoms with Gasteiger partial charge in [-0.1, -0.05) is 29.2 Å². The number of nitrogens with zero attached hydrogens (tertiary/aromatic N) is 5. The highest BCUT2D eigenvalue weighted by Crippen LogP contribution is 2.40. The number of aromatic nitrogens is 4.